The first-order chi connectivity index (χ1) is 0. The molecule has 0 aromatic rings. The van der Waals surface area contributed by atoms with Crippen LogP contribution in [0.3, 0.4) is 0 Å². The van der Waals surface area contributed by atoms with Gasteiger partial charge in [0.2, 0.25) is 0 Å². The predicted molar refractivity (Wildman–Crippen MR) is 27.2 cm³/mol. The topological polar surface area (TPSA) is 0 Å². The van der Waals surface area contributed by atoms with E-state index in [0.29, 0.717) is 0 Å². The first-order valence-corrected chi connectivity index (χ1v) is 0. The molecule has 0 nitrogen and oxygen atoms in total. The van der Waals surface area contributed by atoms with Crippen molar-refractivity contribution < 1.29 is 0 Å². The van der Waals surface area contributed by atoms with E-state index in [2.05, 4.69) is 0 Å². The van der Waals surface area contributed by atoms with Gasteiger partial charge in [0.1, 0.15) is 0 Å². The van der Waals surface area contributed by atoms with E-state index in [1.54, 1.807) is 0 Å². The molecule has 0 atom stereocenters. The number of hydrogen-bond donors (Lipinski definition) is 0. The van der Waals surface area contributed by atoms with Crippen LogP contribution in [0, 0.1) is 0 Å². The summed E-state index contributed by atoms with van der Waals surface area (Å²) in [5.74, 6) is 0. The molecule has 4 heavy (non-hydrogen) atoms. The maximum absolute atomic E-state index is 0. The van der Waals surface area contributed by atoms with E-state index >= 15 is 0 Å². The Hall–Kier alpha value is 2.55. The van der Waals surface area contributed by atoms with Gasteiger partial charge >= 0.3 is 19.8 Å². The van der Waals surface area contributed by atoms with Crippen LogP contribution in [0.1, 0.15) is 0 Å². The Balaban J connectivity index is 0. The van der Waals surface area contributed by atoms with Crippen LogP contribution in [0.5, 0.6) is 0 Å². The first-order valence-electron chi connectivity index (χ1n) is 0. The first kappa shape index (κ1) is 31.1. The van der Waals surface area contributed by atoms with Crippen molar-refractivity contribution in [2.75, 3.05) is 0 Å². The van der Waals surface area contributed by atoms with Crippen LogP contribution in [-0.2, 0) is 0 Å². The second kappa shape index (κ2) is 17.7. The average Bonchev–Trinajstić information content (AvgIpc) is 0. The van der Waals surface area contributed by atoms with Crippen LogP contribution in [0.2, 0.25) is 0 Å². The van der Waals surface area contributed by atoms with Gasteiger partial charge in [-0.1, -0.05) is 0 Å². The van der Waals surface area contributed by atoms with Crippen LogP contribution in [0.25, 0.3) is 0 Å². The molecule has 21 valence electrons. The van der Waals surface area contributed by atoms with Crippen LogP contribution in [-0.4, -0.2) is 79.8 Å². The van der Waals surface area contributed by atoms with E-state index in [9.17, 15) is 0 Å². The van der Waals surface area contributed by atoms with Crippen molar-refractivity contribution in [1.82, 2.24) is 0 Å². The molecule has 0 heterocycles. The Bertz CT molecular complexity index is 6.00. The fourth-order valence-electron chi connectivity index (χ4n) is 0. The quantitative estimate of drug-likeness (QED) is 0.432. The van der Waals surface area contributed by atoms with E-state index < -0.39 is 0 Å². The van der Waals surface area contributed by atoms with E-state index in [1.807, 2.05) is 0 Å². The van der Waals surface area contributed by atoms with Gasteiger partial charge in [-0.15, -0.1) is 0 Å². The summed E-state index contributed by atoms with van der Waals surface area (Å²) in [4.78, 5) is 0. The summed E-state index contributed by atoms with van der Waals surface area (Å²) in [6, 6.07) is 0. The zero-order valence-corrected chi connectivity index (χ0v) is 8.12. The molecule has 0 aliphatic rings. The fraction of sp³-hybridized carbons (Fsp3) is 0. The molecule has 0 saturated heterocycles. The van der Waals surface area contributed by atoms with Gasteiger partial charge in [-0.05, 0) is 0 Å². The minimum absolute atomic E-state index is 0. The zero-order chi connectivity index (χ0) is 0. The Morgan fingerprint density at radius 3 is 0.750 bits per heavy atom. The summed E-state index contributed by atoms with van der Waals surface area (Å²) in [5.41, 5.74) is 0. The Morgan fingerprint density at radius 1 is 0.750 bits per heavy atom. The van der Waals surface area contributed by atoms with Crippen molar-refractivity contribution >= 4 is 79.8 Å². The molecule has 0 rings (SSSR count). The van der Waals surface area contributed by atoms with Crippen molar-refractivity contribution in [3.63, 3.8) is 0 Å². The second-order valence-corrected chi connectivity index (χ2v) is 0. The molecule has 0 aromatic heterocycles. The standard InChI is InChI=1S/Ga.In.2Se.3H. The Labute approximate surface area is 78.6 Å². The van der Waals surface area contributed by atoms with Crippen LogP contribution >= 0.6 is 0 Å². The van der Waals surface area contributed by atoms with Gasteiger partial charge in [0.15, 0.2) is 0 Å². The maximum Gasteiger partial charge on any atom is 0 e. The van der Waals surface area contributed by atoms with Crippen molar-refractivity contribution in [3.05, 3.63) is 0 Å². The van der Waals surface area contributed by atoms with Gasteiger partial charge in [0, 0.05) is 60.0 Å². The smallest absolute Gasteiger partial charge is 0 e. The summed E-state index contributed by atoms with van der Waals surface area (Å²) in [6.07, 6.45) is 0. The van der Waals surface area contributed by atoms with Gasteiger partial charge in [0.25, 0.3) is 0 Å². The number of hydrogen-bond acceptors (Lipinski definition) is 0. The largest absolute Gasteiger partial charge is 0 e. The molecule has 0 saturated carbocycles. The third kappa shape index (κ3) is 8.82. The minimum atomic E-state index is 0. The summed E-state index contributed by atoms with van der Waals surface area (Å²) < 4.78 is 0. The molecule has 0 aliphatic carbocycles. The summed E-state index contributed by atoms with van der Waals surface area (Å²) >= 11 is 0. The maximum atomic E-state index is 0. The van der Waals surface area contributed by atoms with E-state index in [4.69, 9.17) is 0 Å². The molecule has 0 spiro atoms. The summed E-state index contributed by atoms with van der Waals surface area (Å²) in [7, 11) is 0. The molecule has 0 unspecified atom stereocenters. The van der Waals surface area contributed by atoms with Crippen LogP contribution < -0.4 is 0 Å². The third-order valence-electron chi connectivity index (χ3n) is 0. The average molecular weight is 345 g/mol. The molecule has 4 heteroatoms. The fourth-order valence-corrected chi connectivity index (χ4v) is 0. The molecular formula is H3GaInSe2. The second-order valence-electron chi connectivity index (χ2n) is 0. The van der Waals surface area contributed by atoms with E-state index in [1.165, 1.54) is 0 Å². The van der Waals surface area contributed by atoms with E-state index in [-0.39, 0.29) is 79.8 Å². The third-order valence-corrected chi connectivity index (χ3v) is 0. The molecule has 0 aliphatic heterocycles. The molecule has 0 N–H and O–H groups in total. The van der Waals surface area contributed by atoms with Gasteiger partial charge in [0.05, 0.1) is 0 Å². The van der Waals surface area contributed by atoms with Crippen molar-refractivity contribution in [2.45, 2.75) is 0 Å². The van der Waals surface area contributed by atoms with Crippen molar-refractivity contribution in [2.24, 2.45) is 0 Å². The monoisotopic (exact) mass is 347 g/mol. The normalized spacial score (nSPS) is 0. The van der Waals surface area contributed by atoms with Gasteiger partial charge in [-0.2, -0.15) is 0 Å². The van der Waals surface area contributed by atoms with Gasteiger partial charge in [-0.3, -0.25) is 0 Å². The molecule has 7 radical (unpaired) electrons. The SMILES string of the molecule is [GaH3].[In].[Se].[Se]. The number of rotatable bonds is 0. The Morgan fingerprint density at radius 2 is 0.750 bits per heavy atom. The zero-order valence-electron chi connectivity index (χ0n) is 1.39. The van der Waals surface area contributed by atoms with Crippen molar-refractivity contribution in [1.29, 1.82) is 0 Å². The van der Waals surface area contributed by atoms with Crippen LogP contribution in [0.15, 0.2) is 0 Å². The van der Waals surface area contributed by atoms with Crippen molar-refractivity contribution in [3.8, 4) is 0 Å². The molecule has 0 bridgehead atoms. The van der Waals surface area contributed by atoms with Crippen LogP contribution in [0.4, 0.5) is 0 Å². The predicted octanol–water partition coefficient (Wildman–Crippen LogP) is -2.33. The van der Waals surface area contributed by atoms with E-state index in [0.717, 1.165) is 0 Å². The summed E-state index contributed by atoms with van der Waals surface area (Å²) in [5, 5.41) is 0. The molecule has 0 fully saturated rings. The van der Waals surface area contributed by atoms with Gasteiger partial charge in [-0.25, -0.2) is 0 Å². The Kier molecular flexibility index (Phi) is 137. The summed E-state index contributed by atoms with van der Waals surface area (Å²) in [6.45, 7) is 0. The van der Waals surface area contributed by atoms with Gasteiger partial charge < -0.3 is 0 Å². The molecular weight excluding hydrogens is 342 g/mol. The minimum Gasteiger partial charge on any atom is 0 e. The molecule has 0 amide bonds. The molecule has 0 aromatic carbocycles.